The van der Waals surface area contributed by atoms with Crippen molar-refractivity contribution in [3.63, 3.8) is 0 Å². The quantitative estimate of drug-likeness (QED) is 0.804. The Labute approximate surface area is 124 Å². The van der Waals surface area contributed by atoms with Crippen molar-refractivity contribution < 1.29 is 14.3 Å². The van der Waals surface area contributed by atoms with Crippen molar-refractivity contribution in [3.05, 3.63) is 36.0 Å². The number of fused-ring (bicyclic) bond motifs is 1. The standard InChI is InChI=1S/C17H21NO3/c1-12(2)10-21-16(20)18-9-14(17(3,4)11-19)13-7-5-6-8-15(13)18/h5-9,11-12H,10H2,1-4H3. The molecular weight excluding hydrogens is 266 g/mol. The van der Waals surface area contributed by atoms with Crippen molar-refractivity contribution in [2.24, 2.45) is 5.92 Å². The Hall–Kier alpha value is -2.10. The van der Waals surface area contributed by atoms with Gasteiger partial charge >= 0.3 is 6.09 Å². The fourth-order valence-corrected chi connectivity index (χ4v) is 2.22. The van der Waals surface area contributed by atoms with Crippen LogP contribution in [0.5, 0.6) is 0 Å². The van der Waals surface area contributed by atoms with E-state index in [2.05, 4.69) is 0 Å². The number of carbonyl (C=O) groups excluding carboxylic acids is 2. The summed E-state index contributed by atoms with van der Waals surface area (Å²) in [5.74, 6) is 0.279. The van der Waals surface area contributed by atoms with Crippen LogP contribution in [0.1, 0.15) is 33.3 Å². The highest BCUT2D eigenvalue weighted by Crippen LogP contribution is 2.30. The maximum Gasteiger partial charge on any atom is 0.418 e. The number of nitrogens with zero attached hydrogens (tertiary/aromatic N) is 1. The Kier molecular flexibility index (Phi) is 4.16. The van der Waals surface area contributed by atoms with Gasteiger partial charge in [-0.2, -0.15) is 0 Å². The third kappa shape index (κ3) is 2.99. The van der Waals surface area contributed by atoms with Crippen molar-refractivity contribution in [2.45, 2.75) is 33.1 Å². The van der Waals surface area contributed by atoms with Gasteiger partial charge in [-0.1, -0.05) is 32.0 Å². The van der Waals surface area contributed by atoms with E-state index in [0.29, 0.717) is 6.61 Å². The lowest BCUT2D eigenvalue weighted by Gasteiger charge is -2.15. The summed E-state index contributed by atoms with van der Waals surface area (Å²) in [5, 5.41) is 0.899. The Morgan fingerprint density at radius 1 is 1.33 bits per heavy atom. The molecule has 0 spiro atoms. The number of benzene rings is 1. The first-order chi connectivity index (χ1) is 9.86. The average Bonchev–Trinajstić information content (AvgIpc) is 2.85. The van der Waals surface area contributed by atoms with E-state index in [0.717, 1.165) is 22.8 Å². The van der Waals surface area contributed by atoms with Crippen LogP contribution in [0.2, 0.25) is 0 Å². The molecule has 4 nitrogen and oxygen atoms in total. The lowest BCUT2D eigenvalue weighted by Crippen LogP contribution is -2.19. The van der Waals surface area contributed by atoms with E-state index < -0.39 is 11.5 Å². The molecule has 21 heavy (non-hydrogen) atoms. The average molecular weight is 287 g/mol. The summed E-state index contributed by atoms with van der Waals surface area (Å²) in [5.41, 5.74) is 0.939. The number of ether oxygens (including phenoxy) is 1. The summed E-state index contributed by atoms with van der Waals surface area (Å²) < 4.78 is 6.78. The molecule has 0 aliphatic heterocycles. The Morgan fingerprint density at radius 3 is 2.62 bits per heavy atom. The Morgan fingerprint density at radius 2 is 2.00 bits per heavy atom. The van der Waals surface area contributed by atoms with E-state index in [1.807, 2.05) is 52.0 Å². The molecule has 0 radical (unpaired) electrons. The van der Waals surface area contributed by atoms with E-state index in [-0.39, 0.29) is 5.92 Å². The van der Waals surface area contributed by atoms with Gasteiger partial charge in [-0.05, 0) is 31.4 Å². The molecule has 1 heterocycles. The van der Waals surface area contributed by atoms with E-state index in [1.54, 1.807) is 6.20 Å². The minimum absolute atomic E-state index is 0.279. The van der Waals surface area contributed by atoms with E-state index in [4.69, 9.17) is 4.74 Å². The minimum atomic E-state index is -0.650. The molecule has 112 valence electrons. The van der Waals surface area contributed by atoms with Crippen LogP contribution in [-0.4, -0.2) is 23.6 Å². The molecule has 0 atom stereocenters. The van der Waals surface area contributed by atoms with Crippen LogP contribution < -0.4 is 0 Å². The fourth-order valence-electron chi connectivity index (χ4n) is 2.22. The predicted molar refractivity (Wildman–Crippen MR) is 82.6 cm³/mol. The molecule has 0 unspecified atom stereocenters. The summed E-state index contributed by atoms with van der Waals surface area (Å²) in [6, 6.07) is 7.54. The number of carbonyl (C=O) groups is 2. The summed E-state index contributed by atoms with van der Waals surface area (Å²) in [6.07, 6.45) is 2.20. The molecule has 0 bridgehead atoms. The predicted octanol–water partition coefficient (Wildman–Crippen LogP) is 3.76. The molecule has 1 aromatic heterocycles. The zero-order valence-corrected chi connectivity index (χ0v) is 12.9. The van der Waals surface area contributed by atoms with E-state index in [9.17, 15) is 9.59 Å². The topological polar surface area (TPSA) is 48.3 Å². The maximum atomic E-state index is 12.2. The van der Waals surface area contributed by atoms with Crippen molar-refractivity contribution in [1.82, 2.24) is 4.57 Å². The molecule has 0 saturated heterocycles. The molecule has 2 rings (SSSR count). The lowest BCUT2D eigenvalue weighted by atomic mass is 9.86. The normalized spacial score (nSPS) is 11.9. The molecule has 0 N–H and O–H groups in total. The van der Waals surface area contributed by atoms with Crippen LogP contribution in [-0.2, 0) is 14.9 Å². The lowest BCUT2D eigenvalue weighted by molar-refractivity contribution is -0.111. The first kappa shape index (κ1) is 15.3. The largest absolute Gasteiger partial charge is 0.449 e. The number of aromatic nitrogens is 1. The number of aldehydes is 1. The highest BCUT2D eigenvalue weighted by molar-refractivity contribution is 5.94. The van der Waals surface area contributed by atoms with Gasteiger partial charge in [0.05, 0.1) is 12.1 Å². The molecule has 0 aliphatic carbocycles. The summed E-state index contributed by atoms with van der Waals surface area (Å²) in [7, 11) is 0. The monoisotopic (exact) mass is 287 g/mol. The van der Waals surface area contributed by atoms with Crippen LogP contribution in [0.15, 0.2) is 30.5 Å². The van der Waals surface area contributed by atoms with Crippen LogP contribution >= 0.6 is 0 Å². The Balaban J connectivity index is 2.50. The maximum absolute atomic E-state index is 12.2. The van der Waals surface area contributed by atoms with Gasteiger partial charge in [0.15, 0.2) is 0 Å². The second kappa shape index (κ2) is 5.72. The minimum Gasteiger partial charge on any atom is -0.449 e. The third-order valence-electron chi connectivity index (χ3n) is 3.44. The van der Waals surface area contributed by atoms with Crippen LogP contribution in [0, 0.1) is 5.92 Å². The van der Waals surface area contributed by atoms with Crippen molar-refractivity contribution in [2.75, 3.05) is 6.61 Å². The zero-order valence-electron chi connectivity index (χ0n) is 12.9. The van der Waals surface area contributed by atoms with Gasteiger partial charge in [0.1, 0.15) is 6.29 Å². The number of hydrogen-bond donors (Lipinski definition) is 0. The molecule has 2 aromatic rings. The van der Waals surface area contributed by atoms with Crippen molar-refractivity contribution in [1.29, 1.82) is 0 Å². The van der Waals surface area contributed by atoms with Gasteiger partial charge in [-0.3, -0.25) is 4.57 Å². The van der Waals surface area contributed by atoms with Gasteiger partial charge in [0.25, 0.3) is 0 Å². The molecule has 0 amide bonds. The van der Waals surface area contributed by atoms with E-state index >= 15 is 0 Å². The smallest absolute Gasteiger partial charge is 0.418 e. The van der Waals surface area contributed by atoms with Gasteiger partial charge in [0, 0.05) is 17.0 Å². The van der Waals surface area contributed by atoms with Crippen LogP contribution in [0.4, 0.5) is 4.79 Å². The van der Waals surface area contributed by atoms with Gasteiger partial charge in [-0.25, -0.2) is 4.79 Å². The molecule has 0 saturated carbocycles. The fraction of sp³-hybridized carbons (Fsp3) is 0.412. The van der Waals surface area contributed by atoms with Crippen LogP contribution in [0.25, 0.3) is 10.9 Å². The highest BCUT2D eigenvalue weighted by atomic mass is 16.5. The van der Waals surface area contributed by atoms with Gasteiger partial charge < -0.3 is 9.53 Å². The first-order valence-electron chi connectivity index (χ1n) is 7.11. The summed E-state index contributed by atoms with van der Waals surface area (Å²) >= 11 is 0. The number of para-hydroxylation sites is 1. The first-order valence-corrected chi connectivity index (χ1v) is 7.11. The molecule has 0 fully saturated rings. The molecule has 1 aromatic carbocycles. The number of hydrogen-bond acceptors (Lipinski definition) is 3. The second-order valence-electron chi connectivity index (χ2n) is 6.24. The SMILES string of the molecule is CC(C)COC(=O)n1cc(C(C)(C)C=O)c2ccccc21. The van der Waals surface area contributed by atoms with Gasteiger partial charge in [-0.15, -0.1) is 0 Å². The summed E-state index contributed by atoms with van der Waals surface area (Å²) in [4.78, 5) is 23.6. The highest BCUT2D eigenvalue weighted by Gasteiger charge is 2.26. The van der Waals surface area contributed by atoms with Crippen molar-refractivity contribution in [3.8, 4) is 0 Å². The van der Waals surface area contributed by atoms with Crippen molar-refractivity contribution >= 4 is 23.3 Å². The van der Waals surface area contributed by atoms with Crippen LogP contribution in [0.3, 0.4) is 0 Å². The third-order valence-corrected chi connectivity index (χ3v) is 3.44. The van der Waals surface area contributed by atoms with Gasteiger partial charge in [0.2, 0.25) is 0 Å². The van der Waals surface area contributed by atoms with E-state index in [1.165, 1.54) is 4.57 Å². The molecule has 4 heteroatoms. The Bertz CT molecular complexity index is 668. The summed E-state index contributed by atoms with van der Waals surface area (Å²) in [6.45, 7) is 8.03. The zero-order chi connectivity index (χ0) is 15.6. The number of rotatable bonds is 4. The molecule has 0 aliphatic rings. The molecular formula is C17H21NO3. The second-order valence-corrected chi connectivity index (χ2v) is 6.24.